The summed E-state index contributed by atoms with van der Waals surface area (Å²) in [5.41, 5.74) is 5.52. The highest BCUT2D eigenvalue weighted by Gasteiger charge is 2.17. The lowest BCUT2D eigenvalue weighted by Crippen LogP contribution is -2.35. The fourth-order valence-corrected chi connectivity index (χ4v) is 2.44. The molecular weight excluding hydrogens is 271 g/mol. The van der Waals surface area contributed by atoms with Gasteiger partial charge >= 0.3 is 0 Å². The highest BCUT2D eigenvalue weighted by Crippen LogP contribution is 2.08. The Labute approximate surface area is 112 Å². The summed E-state index contributed by atoms with van der Waals surface area (Å²) in [6, 6.07) is 7.92. The molecule has 0 heterocycles. The number of nitrogens with two attached hydrogens (primary N) is 1. The molecule has 0 saturated carbocycles. The van der Waals surface area contributed by atoms with Gasteiger partial charge in [-0.15, -0.1) is 0 Å². The van der Waals surface area contributed by atoms with Crippen LogP contribution in [0.25, 0.3) is 0 Å². The zero-order chi connectivity index (χ0) is 14.3. The number of rotatable bonds is 7. The van der Waals surface area contributed by atoms with Gasteiger partial charge < -0.3 is 10.5 Å². The van der Waals surface area contributed by atoms with Gasteiger partial charge in [-0.3, -0.25) is 0 Å². The van der Waals surface area contributed by atoms with Gasteiger partial charge in [0.25, 0.3) is 0 Å². The molecule has 0 amide bonds. The van der Waals surface area contributed by atoms with E-state index in [1.807, 2.05) is 0 Å². The van der Waals surface area contributed by atoms with Crippen LogP contribution in [0.1, 0.15) is 6.92 Å². The average molecular weight is 288 g/mol. The van der Waals surface area contributed by atoms with Gasteiger partial charge in [-0.2, -0.15) is 4.72 Å². The lowest BCUT2D eigenvalue weighted by atomic mass is 10.3. The normalized spacial score (nSPS) is 14.4. The van der Waals surface area contributed by atoms with Crippen molar-refractivity contribution in [3.63, 3.8) is 0 Å². The number of halogens is 1. The smallest absolute Gasteiger partial charge is 0.242 e. The third kappa shape index (κ3) is 5.07. The van der Waals surface area contributed by atoms with Gasteiger partial charge in [0.05, 0.1) is 17.8 Å². The Hall–Kier alpha value is -1.28. The van der Waals surface area contributed by atoms with Crippen LogP contribution < -0.4 is 10.5 Å². The Kier molecular flexibility index (Phi) is 6.10. The predicted molar refractivity (Wildman–Crippen MR) is 70.4 cm³/mol. The van der Waals surface area contributed by atoms with Crippen molar-refractivity contribution in [3.8, 4) is 0 Å². The van der Waals surface area contributed by atoms with Crippen LogP contribution in [0, 0.1) is 0 Å². The van der Waals surface area contributed by atoms with E-state index in [1.54, 1.807) is 18.2 Å². The first-order chi connectivity index (χ1) is 8.99. The van der Waals surface area contributed by atoms with Gasteiger partial charge in [0.15, 0.2) is 0 Å². The summed E-state index contributed by atoms with van der Waals surface area (Å²) in [6.45, 7) is 1.48. The van der Waals surface area contributed by atoms with Crippen LogP contribution >= 0.6 is 0 Å². The number of nitrogens with one attached hydrogen (secondary N) is 1. The zero-order valence-corrected chi connectivity index (χ0v) is 11.4. The number of benzene rings is 1. The van der Waals surface area contributed by atoms with Gasteiger partial charge in [-0.1, -0.05) is 18.2 Å². The second kappa shape index (κ2) is 7.34. The summed E-state index contributed by atoms with van der Waals surface area (Å²) in [7, 11) is -3.64. The van der Waals surface area contributed by atoms with Crippen LogP contribution in [-0.2, 0) is 14.8 Å². The quantitative estimate of drug-likeness (QED) is 0.737. The summed E-state index contributed by atoms with van der Waals surface area (Å²) in [4.78, 5) is 0.144. The van der Waals surface area contributed by atoms with Gasteiger partial charge in [0.1, 0.15) is 6.23 Å². The highest BCUT2D eigenvalue weighted by molar-refractivity contribution is 7.89. The van der Waals surface area contributed by atoms with Crippen molar-refractivity contribution in [1.29, 1.82) is 0 Å². The third-order valence-electron chi connectivity index (χ3n) is 2.31. The summed E-state index contributed by atoms with van der Waals surface area (Å²) >= 11 is 0. The zero-order valence-electron chi connectivity index (χ0n) is 10.5. The molecule has 5 nitrogen and oxygen atoms in total. The standard InChI is InChI=1S/C12H17FN2O3S/c1-10(18-9-11(7-13)8-14)15-19(16,17)12-5-3-2-4-6-12/h2-7,10,15H,8-9,14H2,1H3/b11-7+. The monoisotopic (exact) mass is 288 g/mol. The molecule has 1 atom stereocenters. The molecule has 7 heteroatoms. The van der Waals surface area contributed by atoms with Crippen molar-refractivity contribution in [2.75, 3.05) is 13.2 Å². The first kappa shape index (κ1) is 15.8. The molecule has 0 bridgehead atoms. The van der Waals surface area contributed by atoms with Crippen LogP contribution in [0.2, 0.25) is 0 Å². The fourth-order valence-electron chi connectivity index (χ4n) is 1.29. The SMILES string of the molecule is CC(NS(=O)(=O)c1ccccc1)OC/C(=C/F)CN. The van der Waals surface area contributed by atoms with Gasteiger partial charge in [-0.25, -0.2) is 12.8 Å². The van der Waals surface area contributed by atoms with Crippen molar-refractivity contribution in [3.05, 3.63) is 42.2 Å². The predicted octanol–water partition coefficient (Wildman–Crippen LogP) is 1.14. The Morgan fingerprint density at radius 1 is 1.47 bits per heavy atom. The molecule has 0 aliphatic carbocycles. The van der Waals surface area contributed by atoms with Crippen molar-refractivity contribution >= 4 is 10.0 Å². The minimum Gasteiger partial charge on any atom is -0.358 e. The summed E-state index contributed by atoms with van der Waals surface area (Å²) < 4.78 is 43.6. The van der Waals surface area contributed by atoms with E-state index in [9.17, 15) is 12.8 Å². The molecule has 1 rings (SSSR count). The van der Waals surface area contributed by atoms with E-state index in [4.69, 9.17) is 10.5 Å². The Morgan fingerprint density at radius 3 is 2.63 bits per heavy atom. The van der Waals surface area contributed by atoms with E-state index in [2.05, 4.69) is 4.72 Å². The molecule has 106 valence electrons. The minimum absolute atomic E-state index is 0.0225. The van der Waals surface area contributed by atoms with E-state index >= 15 is 0 Å². The lowest BCUT2D eigenvalue weighted by Gasteiger charge is -2.15. The average Bonchev–Trinajstić information content (AvgIpc) is 2.40. The lowest BCUT2D eigenvalue weighted by molar-refractivity contribution is 0.0747. The fraction of sp³-hybridized carbons (Fsp3) is 0.333. The topological polar surface area (TPSA) is 81.4 Å². The van der Waals surface area contributed by atoms with Crippen LogP contribution in [-0.4, -0.2) is 27.8 Å². The van der Waals surface area contributed by atoms with Crippen LogP contribution in [0.15, 0.2) is 47.1 Å². The maximum atomic E-state index is 12.3. The molecular formula is C12H17FN2O3S. The first-order valence-electron chi connectivity index (χ1n) is 5.66. The number of ether oxygens (including phenoxy) is 1. The van der Waals surface area contributed by atoms with E-state index in [0.29, 0.717) is 6.33 Å². The van der Waals surface area contributed by atoms with Crippen LogP contribution in [0.3, 0.4) is 0 Å². The summed E-state index contributed by atoms with van der Waals surface area (Å²) in [5.74, 6) is 0. The largest absolute Gasteiger partial charge is 0.358 e. The van der Waals surface area contributed by atoms with Crippen molar-refractivity contribution in [2.45, 2.75) is 18.0 Å². The number of hydrogen-bond acceptors (Lipinski definition) is 4. The van der Waals surface area contributed by atoms with Crippen molar-refractivity contribution in [1.82, 2.24) is 4.72 Å². The number of hydrogen-bond donors (Lipinski definition) is 2. The molecule has 1 aromatic carbocycles. The Bertz CT molecular complexity index is 517. The second-order valence-electron chi connectivity index (χ2n) is 3.86. The highest BCUT2D eigenvalue weighted by atomic mass is 32.2. The van der Waals surface area contributed by atoms with Crippen molar-refractivity contribution < 1.29 is 17.5 Å². The van der Waals surface area contributed by atoms with Crippen LogP contribution in [0.4, 0.5) is 4.39 Å². The molecule has 0 saturated heterocycles. The maximum absolute atomic E-state index is 12.3. The maximum Gasteiger partial charge on any atom is 0.242 e. The molecule has 1 unspecified atom stereocenters. The van der Waals surface area contributed by atoms with E-state index in [1.165, 1.54) is 19.1 Å². The molecule has 1 aromatic rings. The molecule has 0 aliphatic rings. The Balaban J connectivity index is 2.59. The van der Waals surface area contributed by atoms with Crippen LogP contribution in [0.5, 0.6) is 0 Å². The molecule has 19 heavy (non-hydrogen) atoms. The third-order valence-corrected chi connectivity index (χ3v) is 3.84. The first-order valence-corrected chi connectivity index (χ1v) is 7.15. The second-order valence-corrected chi connectivity index (χ2v) is 5.57. The van der Waals surface area contributed by atoms with Gasteiger partial charge in [-0.05, 0) is 24.6 Å². The minimum atomic E-state index is -3.64. The summed E-state index contributed by atoms with van der Waals surface area (Å²) in [6.07, 6.45) is -0.426. The summed E-state index contributed by atoms with van der Waals surface area (Å²) in [5, 5.41) is 0. The number of sulfonamides is 1. The molecule has 0 aromatic heterocycles. The molecule has 0 spiro atoms. The Morgan fingerprint density at radius 2 is 2.11 bits per heavy atom. The van der Waals surface area contributed by atoms with E-state index in [-0.39, 0.29) is 23.6 Å². The van der Waals surface area contributed by atoms with E-state index < -0.39 is 16.3 Å². The van der Waals surface area contributed by atoms with Crippen molar-refractivity contribution in [2.24, 2.45) is 5.73 Å². The molecule has 0 aliphatic heterocycles. The molecule has 0 fully saturated rings. The molecule has 0 radical (unpaired) electrons. The van der Waals surface area contributed by atoms with Gasteiger partial charge in [0, 0.05) is 6.54 Å². The van der Waals surface area contributed by atoms with E-state index in [0.717, 1.165) is 0 Å². The van der Waals surface area contributed by atoms with Gasteiger partial charge in [0.2, 0.25) is 10.0 Å². The molecule has 3 N–H and O–H groups in total.